The normalized spacial score (nSPS) is 13.9. The molecule has 0 unspecified atom stereocenters. The van der Waals surface area contributed by atoms with Crippen LogP contribution >= 0.6 is 0 Å². The minimum Gasteiger partial charge on any atom is -0.288 e. The minimum absolute atomic E-state index is 0.00328. The molecule has 0 saturated carbocycles. The third-order valence-corrected chi connectivity index (χ3v) is 6.22. The van der Waals surface area contributed by atoms with Gasteiger partial charge in [0.15, 0.2) is 5.78 Å². The number of hydrogen-bond donors (Lipinski definition) is 0. The molecule has 5 nitrogen and oxygen atoms in total. The number of carbonyl (C=O) groups excluding carboxylic acids is 1. The van der Waals surface area contributed by atoms with Crippen LogP contribution in [-0.4, -0.2) is 15.7 Å². The van der Waals surface area contributed by atoms with E-state index in [1.807, 2.05) is 18.2 Å². The number of fused-ring (bicyclic) bond motifs is 5. The number of nitro groups is 1. The Morgan fingerprint density at radius 2 is 1.50 bits per heavy atom. The fourth-order valence-corrected chi connectivity index (χ4v) is 4.90. The number of carbonyl (C=O) groups is 1. The SMILES string of the molecule is O=C1c2ccccc2-c2nc3cc4c(cc3c(-c3ccccc3[N+](=O)[O-])c21)CCC4. The summed E-state index contributed by atoms with van der Waals surface area (Å²) in [4.78, 5) is 29.8. The van der Waals surface area contributed by atoms with Crippen molar-refractivity contribution in [1.82, 2.24) is 4.98 Å². The van der Waals surface area contributed by atoms with Gasteiger partial charge in [0.2, 0.25) is 0 Å². The standard InChI is InChI=1S/C25H16N2O3/c28-25-17-9-2-1-8-16(17)24-23(25)22(18-10-3-4-11-21(18)27(29)30)19-12-14-6-5-7-15(14)13-20(19)26-24/h1-4,8-13H,5-7H2. The van der Waals surface area contributed by atoms with Crippen LogP contribution in [0, 0.1) is 10.1 Å². The molecule has 30 heavy (non-hydrogen) atoms. The number of aryl methyl sites for hydroxylation is 2. The Balaban J connectivity index is 1.80. The summed E-state index contributed by atoms with van der Waals surface area (Å²) in [5.41, 5.74) is 6.87. The van der Waals surface area contributed by atoms with E-state index in [9.17, 15) is 14.9 Å². The first-order chi connectivity index (χ1) is 14.6. The van der Waals surface area contributed by atoms with Gasteiger partial charge in [-0.25, -0.2) is 4.98 Å². The van der Waals surface area contributed by atoms with Gasteiger partial charge in [-0.05, 0) is 48.6 Å². The highest BCUT2D eigenvalue weighted by Gasteiger charge is 2.34. The first-order valence-electron chi connectivity index (χ1n) is 10.0. The molecule has 6 rings (SSSR count). The zero-order chi connectivity index (χ0) is 20.4. The first-order valence-corrected chi connectivity index (χ1v) is 10.0. The number of nitrogens with zero attached hydrogens (tertiary/aromatic N) is 2. The third-order valence-electron chi connectivity index (χ3n) is 6.22. The van der Waals surface area contributed by atoms with Crippen LogP contribution in [0.1, 0.15) is 33.5 Å². The maximum atomic E-state index is 13.4. The average molecular weight is 392 g/mol. The summed E-state index contributed by atoms with van der Waals surface area (Å²) in [5, 5.41) is 12.6. The number of benzene rings is 3. The van der Waals surface area contributed by atoms with Gasteiger partial charge in [-0.3, -0.25) is 14.9 Å². The summed E-state index contributed by atoms with van der Waals surface area (Å²) in [6.07, 6.45) is 3.08. The van der Waals surface area contributed by atoms with E-state index in [2.05, 4.69) is 12.1 Å². The lowest BCUT2D eigenvalue weighted by Crippen LogP contribution is -2.03. The lowest BCUT2D eigenvalue weighted by molar-refractivity contribution is -0.384. The number of aromatic nitrogens is 1. The van der Waals surface area contributed by atoms with Crippen LogP contribution in [-0.2, 0) is 12.8 Å². The summed E-state index contributed by atoms with van der Waals surface area (Å²) < 4.78 is 0. The molecular formula is C25H16N2O3. The molecule has 144 valence electrons. The van der Waals surface area contributed by atoms with Crippen LogP contribution in [0.2, 0.25) is 0 Å². The molecule has 0 bridgehead atoms. The Hall–Kier alpha value is -3.86. The number of pyridine rings is 1. The maximum Gasteiger partial charge on any atom is 0.277 e. The van der Waals surface area contributed by atoms with E-state index in [0.717, 1.165) is 35.7 Å². The van der Waals surface area contributed by atoms with Gasteiger partial charge in [0.1, 0.15) is 0 Å². The molecule has 0 radical (unpaired) electrons. The molecule has 0 saturated heterocycles. The monoisotopic (exact) mass is 392 g/mol. The Kier molecular flexibility index (Phi) is 3.45. The number of nitro benzene ring substituents is 1. The predicted molar refractivity (Wildman–Crippen MR) is 115 cm³/mol. The molecule has 1 heterocycles. The van der Waals surface area contributed by atoms with E-state index in [0.29, 0.717) is 27.9 Å². The van der Waals surface area contributed by atoms with Crippen LogP contribution in [0.3, 0.4) is 0 Å². The molecule has 2 aliphatic carbocycles. The topological polar surface area (TPSA) is 73.1 Å². The fraction of sp³-hybridized carbons (Fsp3) is 0.120. The second kappa shape index (κ2) is 6.07. The van der Waals surface area contributed by atoms with Crippen molar-refractivity contribution in [3.8, 4) is 22.4 Å². The van der Waals surface area contributed by atoms with Gasteiger partial charge in [-0.15, -0.1) is 0 Å². The van der Waals surface area contributed by atoms with E-state index in [4.69, 9.17) is 4.98 Å². The van der Waals surface area contributed by atoms with Gasteiger partial charge in [0, 0.05) is 28.1 Å². The Morgan fingerprint density at radius 3 is 2.27 bits per heavy atom. The Labute approximate surface area is 172 Å². The number of para-hydroxylation sites is 1. The van der Waals surface area contributed by atoms with Crippen molar-refractivity contribution in [2.24, 2.45) is 0 Å². The smallest absolute Gasteiger partial charge is 0.277 e. The van der Waals surface area contributed by atoms with Crippen molar-refractivity contribution in [2.45, 2.75) is 19.3 Å². The van der Waals surface area contributed by atoms with Crippen LogP contribution in [0.15, 0.2) is 60.7 Å². The zero-order valence-electron chi connectivity index (χ0n) is 16.0. The van der Waals surface area contributed by atoms with Crippen molar-refractivity contribution in [2.75, 3.05) is 0 Å². The minimum atomic E-state index is -0.381. The molecular weight excluding hydrogens is 376 g/mol. The van der Waals surface area contributed by atoms with E-state index in [1.165, 1.54) is 17.2 Å². The molecule has 3 aromatic carbocycles. The van der Waals surface area contributed by atoms with Gasteiger partial charge >= 0.3 is 0 Å². The van der Waals surface area contributed by atoms with Gasteiger partial charge in [-0.2, -0.15) is 0 Å². The molecule has 4 aromatic rings. The van der Waals surface area contributed by atoms with Crippen molar-refractivity contribution < 1.29 is 9.72 Å². The van der Waals surface area contributed by atoms with Crippen molar-refractivity contribution in [3.63, 3.8) is 0 Å². The Morgan fingerprint density at radius 1 is 0.833 bits per heavy atom. The largest absolute Gasteiger partial charge is 0.288 e. The zero-order valence-corrected chi connectivity index (χ0v) is 16.0. The fourth-order valence-electron chi connectivity index (χ4n) is 4.90. The molecule has 5 heteroatoms. The lowest BCUT2D eigenvalue weighted by atomic mass is 9.91. The molecule has 2 aliphatic rings. The second-order valence-electron chi connectivity index (χ2n) is 7.85. The van der Waals surface area contributed by atoms with Gasteiger partial charge in [0.25, 0.3) is 5.69 Å². The Bertz CT molecular complexity index is 1420. The average Bonchev–Trinajstić information content (AvgIpc) is 3.33. The lowest BCUT2D eigenvalue weighted by Gasteiger charge is -2.14. The highest BCUT2D eigenvalue weighted by molar-refractivity contribution is 6.27. The first kappa shape index (κ1) is 17.0. The summed E-state index contributed by atoms with van der Waals surface area (Å²) in [7, 11) is 0. The molecule has 0 atom stereocenters. The molecule has 0 N–H and O–H groups in total. The van der Waals surface area contributed by atoms with Gasteiger partial charge < -0.3 is 0 Å². The third kappa shape index (κ3) is 2.23. The summed E-state index contributed by atoms with van der Waals surface area (Å²) in [6.45, 7) is 0. The summed E-state index contributed by atoms with van der Waals surface area (Å²) >= 11 is 0. The number of hydrogen-bond acceptors (Lipinski definition) is 4. The molecule has 0 fully saturated rings. The molecule has 1 aromatic heterocycles. The number of rotatable bonds is 2. The van der Waals surface area contributed by atoms with Crippen LogP contribution in [0.4, 0.5) is 5.69 Å². The van der Waals surface area contributed by atoms with Crippen LogP contribution in [0.25, 0.3) is 33.3 Å². The van der Waals surface area contributed by atoms with Crippen molar-refractivity contribution in [3.05, 3.63) is 93.0 Å². The van der Waals surface area contributed by atoms with E-state index >= 15 is 0 Å². The highest BCUT2D eigenvalue weighted by Crippen LogP contribution is 2.46. The molecule has 0 spiro atoms. The van der Waals surface area contributed by atoms with Crippen molar-refractivity contribution >= 4 is 22.4 Å². The quantitative estimate of drug-likeness (QED) is 0.293. The van der Waals surface area contributed by atoms with E-state index in [-0.39, 0.29) is 16.4 Å². The van der Waals surface area contributed by atoms with Gasteiger partial charge in [0.05, 0.1) is 27.3 Å². The molecule has 0 aliphatic heterocycles. The van der Waals surface area contributed by atoms with Crippen LogP contribution < -0.4 is 0 Å². The van der Waals surface area contributed by atoms with Gasteiger partial charge in [-0.1, -0.05) is 36.4 Å². The summed E-state index contributed by atoms with van der Waals surface area (Å²) in [6, 6.07) is 18.3. The second-order valence-corrected chi connectivity index (χ2v) is 7.85. The highest BCUT2D eigenvalue weighted by atomic mass is 16.6. The number of ketones is 1. The van der Waals surface area contributed by atoms with E-state index in [1.54, 1.807) is 24.3 Å². The van der Waals surface area contributed by atoms with Crippen LogP contribution in [0.5, 0.6) is 0 Å². The predicted octanol–water partition coefficient (Wildman–Crippen LogP) is 5.51. The van der Waals surface area contributed by atoms with Crippen molar-refractivity contribution in [1.29, 1.82) is 0 Å². The summed E-state index contributed by atoms with van der Waals surface area (Å²) in [5.74, 6) is -0.122. The van der Waals surface area contributed by atoms with E-state index < -0.39 is 0 Å². The maximum absolute atomic E-state index is 13.4. The molecule has 0 amide bonds.